The zero-order chi connectivity index (χ0) is 22.8. The summed E-state index contributed by atoms with van der Waals surface area (Å²) in [7, 11) is 4.79. The highest BCUT2D eigenvalue weighted by atomic mass is 16.5. The van der Waals surface area contributed by atoms with Gasteiger partial charge in [-0.05, 0) is 60.4 Å². The number of hydrogen-bond acceptors (Lipinski definition) is 5. The summed E-state index contributed by atoms with van der Waals surface area (Å²) in [5.74, 6) is 1.93. The van der Waals surface area contributed by atoms with Gasteiger partial charge < -0.3 is 24.1 Å². The average molecular weight is 437 g/mol. The predicted octanol–water partition coefficient (Wildman–Crippen LogP) is 3.83. The van der Waals surface area contributed by atoms with Gasteiger partial charge in [-0.3, -0.25) is 9.59 Å². The molecule has 1 atom stereocenters. The molecule has 32 heavy (non-hydrogen) atoms. The van der Waals surface area contributed by atoms with E-state index in [9.17, 15) is 9.59 Å². The van der Waals surface area contributed by atoms with Crippen LogP contribution in [0.4, 0.5) is 0 Å². The van der Waals surface area contributed by atoms with Crippen molar-refractivity contribution < 1.29 is 19.0 Å². The maximum Gasteiger partial charge on any atom is 0.254 e. The third kappa shape index (κ3) is 3.79. The van der Waals surface area contributed by atoms with Gasteiger partial charge in [0, 0.05) is 29.4 Å². The fourth-order valence-corrected chi connectivity index (χ4v) is 4.44. The Balaban J connectivity index is 1.95. The molecule has 2 aromatic carbocycles. The second-order valence-electron chi connectivity index (χ2n) is 7.90. The van der Waals surface area contributed by atoms with E-state index in [1.807, 2.05) is 48.2 Å². The summed E-state index contributed by atoms with van der Waals surface area (Å²) in [6, 6.07) is 10.7. The molecule has 1 aliphatic rings. The van der Waals surface area contributed by atoms with Crippen molar-refractivity contribution in [3.63, 3.8) is 0 Å². The van der Waals surface area contributed by atoms with Crippen molar-refractivity contribution in [2.24, 2.45) is 0 Å². The number of carbonyl (C=O) groups excluding carboxylic acids is 1. The molecule has 0 saturated carbocycles. The zero-order valence-electron chi connectivity index (χ0n) is 18.9. The minimum atomic E-state index is -0.517. The molecule has 1 amide bonds. The molecule has 0 unspecified atom stereocenters. The van der Waals surface area contributed by atoms with E-state index in [0.29, 0.717) is 47.7 Å². The maximum atomic E-state index is 13.2. The topological polar surface area (TPSA) is 80.9 Å². The largest absolute Gasteiger partial charge is 0.497 e. The highest BCUT2D eigenvalue weighted by molar-refractivity contribution is 5.82. The lowest BCUT2D eigenvalue weighted by molar-refractivity contribution is -0.133. The van der Waals surface area contributed by atoms with Crippen LogP contribution in [-0.2, 0) is 11.2 Å². The first-order valence-electron chi connectivity index (χ1n) is 10.8. The van der Waals surface area contributed by atoms with Gasteiger partial charge in [-0.25, -0.2) is 0 Å². The Morgan fingerprint density at radius 1 is 1.03 bits per heavy atom. The number of methoxy groups -OCH3 is 3. The molecule has 0 fully saturated rings. The van der Waals surface area contributed by atoms with Gasteiger partial charge in [0.2, 0.25) is 5.91 Å². The molecule has 1 N–H and O–H groups in total. The van der Waals surface area contributed by atoms with Crippen LogP contribution in [0, 0.1) is 0 Å². The second kappa shape index (κ2) is 8.94. The molecule has 7 heteroatoms. The van der Waals surface area contributed by atoms with Gasteiger partial charge in [0.15, 0.2) is 11.5 Å². The van der Waals surface area contributed by atoms with Crippen LogP contribution in [0.5, 0.6) is 17.2 Å². The van der Waals surface area contributed by atoms with E-state index in [4.69, 9.17) is 14.2 Å². The molecule has 7 nitrogen and oxygen atoms in total. The number of ether oxygens (including phenoxy) is 3. The number of rotatable bonds is 6. The molecular formula is C25H28N2O5. The quantitative estimate of drug-likeness (QED) is 0.635. The summed E-state index contributed by atoms with van der Waals surface area (Å²) < 4.78 is 16.4. The van der Waals surface area contributed by atoms with Crippen LogP contribution in [0.1, 0.15) is 42.5 Å². The molecule has 0 radical (unpaired) electrons. The van der Waals surface area contributed by atoms with E-state index in [0.717, 1.165) is 22.9 Å². The number of aromatic nitrogens is 1. The van der Waals surface area contributed by atoms with Crippen molar-refractivity contribution in [3.05, 3.63) is 63.4 Å². The van der Waals surface area contributed by atoms with E-state index in [-0.39, 0.29) is 11.5 Å². The number of carbonyl (C=O) groups is 1. The number of amides is 1. The second-order valence-corrected chi connectivity index (χ2v) is 7.90. The summed E-state index contributed by atoms with van der Waals surface area (Å²) in [5, 5.41) is 0.842. The summed E-state index contributed by atoms with van der Waals surface area (Å²) >= 11 is 0. The first-order chi connectivity index (χ1) is 15.5. The minimum Gasteiger partial charge on any atom is -0.497 e. The molecule has 1 aliphatic heterocycles. The molecule has 3 aromatic rings. The highest BCUT2D eigenvalue weighted by Gasteiger charge is 2.34. The Kier molecular flexibility index (Phi) is 6.08. The molecule has 0 aliphatic carbocycles. The van der Waals surface area contributed by atoms with Crippen LogP contribution in [-0.4, -0.2) is 43.7 Å². The molecule has 4 rings (SSSR count). The third-order valence-electron chi connectivity index (χ3n) is 6.03. The zero-order valence-corrected chi connectivity index (χ0v) is 18.9. The van der Waals surface area contributed by atoms with Gasteiger partial charge >= 0.3 is 0 Å². The van der Waals surface area contributed by atoms with E-state index in [1.54, 1.807) is 21.3 Å². The van der Waals surface area contributed by atoms with Crippen molar-refractivity contribution in [1.29, 1.82) is 0 Å². The molecule has 0 bridgehead atoms. The normalized spacial score (nSPS) is 15.4. The van der Waals surface area contributed by atoms with Crippen molar-refractivity contribution in [2.75, 3.05) is 27.9 Å². The number of nitrogens with zero attached hydrogens (tertiary/aromatic N) is 1. The summed E-state index contributed by atoms with van der Waals surface area (Å²) in [6.45, 7) is 2.51. The van der Waals surface area contributed by atoms with Gasteiger partial charge in [-0.15, -0.1) is 0 Å². The average Bonchev–Trinajstić information content (AvgIpc) is 2.81. The molecule has 1 aromatic heterocycles. The van der Waals surface area contributed by atoms with Gasteiger partial charge in [0.1, 0.15) is 5.75 Å². The Labute approximate surface area is 186 Å². The van der Waals surface area contributed by atoms with Crippen molar-refractivity contribution >= 4 is 16.8 Å². The standard InChI is InChI=1S/C25H28N2O5/c1-5-6-23(28)27-10-9-15-13-21(31-3)22(32-4)14-18(15)24(27)19-12-16-11-17(30-2)7-8-20(16)26-25(19)29/h7-8,11-14,24H,5-6,9-10H2,1-4H3,(H,26,29)/t24-/m0/s1. The van der Waals surface area contributed by atoms with E-state index in [1.165, 1.54) is 0 Å². The lowest BCUT2D eigenvalue weighted by Crippen LogP contribution is -2.42. The Bertz CT molecular complexity index is 1220. The molecule has 0 saturated heterocycles. The van der Waals surface area contributed by atoms with E-state index < -0.39 is 6.04 Å². The lowest BCUT2D eigenvalue weighted by atomic mass is 9.87. The fraction of sp³-hybridized carbons (Fsp3) is 0.360. The van der Waals surface area contributed by atoms with E-state index >= 15 is 0 Å². The van der Waals surface area contributed by atoms with Crippen molar-refractivity contribution in [2.45, 2.75) is 32.2 Å². The molecule has 168 valence electrons. The van der Waals surface area contributed by atoms with Gasteiger partial charge in [-0.2, -0.15) is 0 Å². The maximum absolute atomic E-state index is 13.2. The monoisotopic (exact) mass is 436 g/mol. The van der Waals surface area contributed by atoms with Crippen molar-refractivity contribution in [1.82, 2.24) is 9.88 Å². The number of aromatic amines is 1. The summed E-state index contributed by atoms with van der Waals surface area (Å²) in [5.41, 5.74) is 2.94. The fourth-order valence-electron chi connectivity index (χ4n) is 4.44. The van der Waals surface area contributed by atoms with Gasteiger partial charge in [0.25, 0.3) is 5.56 Å². The number of pyridine rings is 1. The Hall–Kier alpha value is -3.48. The number of H-pyrrole nitrogens is 1. The van der Waals surface area contributed by atoms with Crippen molar-refractivity contribution in [3.8, 4) is 17.2 Å². The summed E-state index contributed by atoms with van der Waals surface area (Å²) in [4.78, 5) is 31.1. The number of benzene rings is 2. The molecule has 0 spiro atoms. The number of fused-ring (bicyclic) bond motifs is 2. The predicted molar refractivity (Wildman–Crippen MR) is 123 cm³/mol. The molecular weight excluding hydrogens is 408 g/mol. The summed E-state index contributed by atoms with van der Waals surface area (Å²) in [6.07, 6.45) is 1.85. The van der Waals surface area contributed by atoms with E-state index in [2.05, 4.69) is 4.98 Å². The van der Waals surface area contributed by atoms with Crippen LogP contribution in [0.15, 0.2) is 41.2 Å². The first kappa shape index (κ1) is 21.7. The number of hydrogen-bond donors (Lipinski definition) is 1. The van der Waals surface area contributed by atoms with Crippen LogP contribution in [0.2, 0.25) is 0 Å². The highest BCUT2D eigenvalue weighted by Crippen LogP contribution is 2.41. The van der Waals surface area contributed by atoms with Crippen LogP contribution < -0.4 is 19.8 Å². The smallest absolute Gasteiger partial charge is 0.254 e. The SMILES string of the molecule is CCCC(=O)N1CCc2cc(OC)c(OC)cc2[C@H]1c1cc2cc(OC)ccc2[nH]c1=O. The van der Waals surface area contributed by atoms with Crippen LogP contribution in [0.3, 0.4) is 0 Å². The Morgan fingerprint density at radius 3 is 2.47 bits per heavy atom. The minimum absolute atomic E-state index is 0.0306. The Morgan fingerprint density at radius 2 is 1.78 bits per heavy atom. The van der Waals surface area contributed by atoms with Crippen LogP contribution >= 0.6 is 0 Å². The molecule has 2 heterocycles. The van der Waals surface area contributed by atoms with Crippen LogP contribution in [0.25, 0.3) is 10.9 Å². The number of nitrogens with one attached hydrogen (secondary N) is 1. The third-order valence-corrected chi connectivity index (χ3v) is 6.03. The van der Waals surface area contributed by atoms with Gasteiger partial charge in [0.05, 0.1) is 27.4 Å². The van der Waals surface area contributed by atoms with Gasteiger partial charge in [-0.1, -0.05) is 6.92 Å². The lowest BCUT2D eigenvalue weighted by Gasteiger charge is -2.38. The first-order valence-corrected chi connectivity index (χ1v) is 10.8.